The molecule has 33 heavy (non-hydrogen) atoms. The molecule has 0 amide bonds. The molecule has 1 heterocycles. The smallest absolute Gasteiger partial charge is 0.335 e. The lowest BCUT2D eigenvalue weighted by Crippen LogP contribution is -2.44. The molecule has 0 bridgehead atoms. The second-order valence-corrected chi connectivity index (χ2v) is 8.71. The summed E-state index contributed by atoms with van der Waals surface area (Å²) < 4.78 is 35.0. The maximum absolute atomic E-state index is 14.7. The highest BCUT2D eigenvalue weighted by atomic mass is 19.1. The molecule has 0 spiro atoms. The minimum atomic E-state index is -1.21. The predicted octanol–water partition coefficient (Wildman–Crippen LogP) is 5.68. The van der Waals surface area contributed by atoms with Crippen molar-refractivity contribution in [3.8, 4) is 22.9 Å². The van der Waals surface area contributed by atoms with Crippen LogP contribution in [-0.2, 0) is 0 Å². The van der Waals surface area contributed by atoms with E-state index in [1.165, 1.54) is 12.1 Å². The SMILES string of the molecule is CCC(F)(CC)CN1CCC(COc2ccc(-c3ccc(C(=O)O)cc3F)c(C#N)c2)CC1. The van der Waals surface area contributed by atoms with Gasteiger partial charge in [0.15, 0.2) is 0 Å². The predicted molar refractivity (Wildman–Crippen MR) is 123 cm³/mol. The first-order valence-corrected chi connectivity index (χ1v) is 11.4. The molecule has 0 saturated carbocycles. The number of likely N-dealkylation sites (tertiary alicyclic amines) is 1. The van der Waals surface area contributed by atoms with E-state index in [9.17, 15) is 18.8 Å². The number of hydrogen-bond acceptors (Lipinski definition) is 4. The van der Waals surface area contributed by atoms with Crippen LogP contribution in [0.25, 0.3) is 11.1 Å². The van der Waals surface area contributed by atoms with Crippen LogP contribution < -0.4 is 4.74 Å². The zero-order chi connectivity index (χ0) is 24.0. The van der Waals surface area contributed by atoms with Gasteiger partial charge in [-0.3, -0.25) is 0 Å². The van der Waals surface area contributed by atoms with E-state index in [0.717, 1.165) is 32.0 Å². The van der Waals surface area contributed by atoms with Crippen LogP contribution in [-0.4, -0.2) is 47.9 Å². The van der Waals surface area contributed by atoms with Crippen LogP contribution in [0.15, 0.2) is 36.4 Å². The third kappa shape index (κ3) is 6.08. The number of ether oxygens (including phenoxy) is 1. The Hall–Kier alpha value is -2.98. The third-order valence-electron chi connectivity index (χ3n) is 6.58. The average Bonchev–Trinajstić information content (AvgIpc) is 2.83. The number of carbonyl (C=O) groups is 1. The van der Waals surface area contributed by atoms with Crippen molar-refractivity contribution in [3.05, 3.63) is 53.3 Å². The zero-order valence-corrected chi connectivity index (χ0v) is 19.1. The fourth-order valence-electron chi connectivity index (χ4n) is 4.21. The van der Waals surface area contributed by atoms with Crippen LogP contribution in [0.2, 0.25) is 0 Å². The monoisotopic (exact) mass is 456 g/mol. The number of carboxylic acids is 1. The Morgan fingerprint density at radius 3 is 2.42 bits per heavy atom. The highest BCUT2D eigenvalue weighted by molar-refractivity contribution is 5.88. The van der Waals surface area contributed by atoms with Gasteiger partial charge in [0, 0.05) is 17.7 Å². The first-order valence-electron chi connectivity index (χ1n) is 11.4. The van der Waals surface area contributed by atoms with Gasteiger partial charge in [-0.2, -0.15) is 5.26 Å². The number of halogens is 2. The van der Waals surface area contributed by atoms with Gasteiger partial charge in [0.1, 0.15) is 17.2 Å². The number of aromatic carboxylic acids is 1. The van der Waals surface area contributed by atoms with Crippen molar-refractivity contribution < 1.29 is 23.4 Å². The normalized spacial score (nSPS) is 15.2. The highest BCUT2D eigenvalue weighted by Gasteiger charge is 2.30. The van der Waals surface area contributed by atoms with E-state index >= 15 is 0 Å². The Bertz CT molecular complexity index is 1020. The molecule has 0 atom stereocenters. The number of benzene rings is 2. The molecular formula is C26H30F2N2O3. The summed E-state index contributed by atoms with van der Waals surface area (Å²) in [5, 5.41) is 18.6. The number of hydrogen-bond donors (Lipinski definition) is 1. The maximum atomic E-state index is 14.7. The van der Waals surface area contributed by atoms with Gasteiger partial charge >= 0.3 is 5.97 Å². The molecule has 0 aromatic heterocycles. The van der Waals surface area contributed by atoms with Crippen molar-refractivity contribution >= 4 is 5.97 Å². The van der Waals surface area contributed by atoms with Crippen molar-refractivity contribution in [3.63, 3.8) is 0 Å². The summed E-state index contributed by atoms with van der Waals surface area (Å²) in [6, 6.07) is 10.6. The van der Waals surface area contributed by atoms with Gasteiger partial charge in [-0.15, -0.1) is 0 Å². The number of piperidine rings is 1. The fraction of sp³-hybridized carbons (Fsp3) is 0.462. The van der Waals surface area contributed by atoms with Crippen molar-refractivity contribution in [2.75, 3.05) is 26.2 Å². The standard InChI is InChI=1S/C26H30F2N2O3/c1-3-26(28,4-2)17-30-11-9-18(10-12-30)16-33-21-6-8-22(20(13-21)15-29)23-7-5-19(25(31)32)14-24(23)27/h5-8,13-14,18H,3-4,9-12,16-17H2,1-2H3,(H,31,32). The van der Waals surface area contributed by atoms with Crippen LogP contribution in [0.3, 0.4) is 0 Å². The Labute approximate surface area is 193 Å². The van der Waals surface area contributed by atoms with E-state index in [2.05, 4.69) is 11.0 Å². The Balaban J connectivity index is 1.60. The zero-order valence-electron chi connectivity index (χ0n) is 19.1. The van der Waals surface area contributed by atoms with E-state index in [0.29, 0.717) is 43.2 Å². The first kappa shape index (κ1) is 24.7. The molecule has 5 nitrogen and oxygen atoms in total. The molecule has 1 fully saturated rings. The summed E-state index contributed by atoms with van der Waals surface area (Å²) in [5.41, 5.74) is -0.468. The minimum absolute atomic E-state index is 0.151. The van der Waals surface area contributed by atoms with Gasteiger partial charge in [-0.05, 0) is 75.0 Å². The summed E-state index contributed by atoms with van der Waals surface area (Å²) in [4.78, 5) is 13.2. The van der Waals surface area contributed by atoms with Gasteiger partial charge in [0.05, 0.1) is 23.8 Å². The molecule has 1 aliphatic rings. The van der Waals surface area contributed by atoms with Crippen LogP contribution in [0.1, 0.15) is 55.5 Å². The fourth-order valence-corrected chi connectivity index (χ4v) is 4.21. The molecule has 2 aromatic carbocycles. The second-order valence-electron chi connectivity index (χ2n) is 8.71. The number of nitrogens with zero attached hydrogens (tertiary/aromatic N) is 2. The first-order chi connectivity index (χ1) is 15.8. The van der Waals surface area contributed by atoms with Crippen LogP contribution >= 0.6 is 0 Å². The van der Waals surface area contributed by atoms with Crippen molar-refractivity contribution in [2.24, 2.45) is 5.92 Å². The number of nitriles is 1. The lowest BCUT2D eigenvalue weighted by Gasteiger charge is -2.36. The van der Waals surface area contributed by atoms with Gasteiger partial charge in [0.2, 0.25) is 0 Å². The summed E-state index contributed by atoms with van der Waals surface area (Å²) >= 11 is 0. The summed E-state index contributed by atoms with van der Waals surface area (Å²) in [6.45, 7) is 6.45. The summed E-state index contributed by atoms with van der Waals surface area (Å²) in [6.07, 6.45) is 2.90. The lowest BCUT2D eigenvalue weighted by atomic mass is 9.94. The molecule has 0 aliphatic carbocycles. The van der Waals surface area contributed by atoms with Gasteiger partial charge < -0.3 is 14.7 Å². The average molecular weight is 457 g/mol. The number of alkyl halides is 1. The molecular weight excluding hydrogens is 426 g/mol. The van der Waals surface area contributed by atoms with E-state index in [4.69, 9.17) is 9.84 Å². The molecule has 1 aliphatic heterocycles. The highest BCUT2D eigenvalue weighted by Crippen LogP contribution is 2.31. The van der Waals surface area contributed by atoms with Crippen molar-refractivity contribution in [1.82, 2.24) is 4.90 Å². The van der Waals surface area contributed by atoms with Crippen LogP contribution in [0.4, 0.5) is 8.78 Å². The molecule has 0 unspecified atom stereocenters. The quantitative estimate of drug-likeness (QED) is 0.525. The molecule has 0 radical (unpaired) electrons. The number of carboxylic acid groups (broad SMARTS) is 1. The minimum Gasteiger partial charge on any atom is -0.493 e. The molecule has 176 valence electrons. The van der Waals surface area contributed by atoms with E-state index in [-0.39, 0.29) is 16.7 Å². The largest absolute Gasteiger partial charge is 0.493 e. The molecule has 7 heteroatoms. The molecule has 2 aromatic rings. The van der Waals surface area contributed by atoms with Gasteiger partial charge in [0.25, 0.3) is 0 Å². The van der Waals surface area contributed by atoms with E-state index in [1.54, 1.807) is 18.2 Å². The third-order valence-corrected chi connectivity index (χ3v) is 6.58. The number of rotatable bonds is 9. The van der Waals surface area contributed by atoms with Crippen LogP contribution in [0.5, 0.6) is 5.75 Å². The summed E-state index contributed by atoms with van der Waals surface area (Å²) in [5.74, 6) is -1.03. The van der Waals surface area contributed by atoms with Crippen LogP contribution in [0, 0.1) is 23.1 Å². The Morgan fingerprint density at radius 2 is 1.85 bits per heavy atom. The molecule has 1 N–H and O–H groups in total. The second kappa shape index (κ2) is 10.8. The van der Waals surface area contributed by atoms with Gasteiger partial charge in [-0.1, -0.05) is 19.9 Å². The summed E-state index contributed by atoms with van der Waals surface area (Å²) in [7, 11) is 0. The maximum Gasteiger partial charge on any atom is 0.335 e. The Kier molecular flexibility index (Phi) is 8.04. The Morgan fingerprint density at radius 1 is 1.18 bits per heavy atom. The van der Waals surface area contributed by atoms with E-state index in [1.807, 2.05) is 13.8 Å². The van der Waals surface area contributed by atoms with Crippen molar-refractivity contribution in [2.45, 2.75) is 45.2 Å². The van der Waals surface area contributed by atoms with E-state index < -0.39 is 17.5 Å². The van der Waals surface area contributed by atoms with Crippen molar-refractivity contribution in [1.29, 1.82) is 5.26 Å². The molecule has 1 saturated heterocycles. The van der Waals surface area contributed by atoms with Gasteiger partial charge in [-0.25, -0.2) is 13.6 Å². The molecule has 3 rings (SSSR count). The topological polar surface area (TPSA) is 73.6 Å². The lowest BCUT2D eigenvalue weighted by molar-refractivity contribution is 0.0568.